The second-order valence-electron chi connectivity index (χ2n) is 4.98. The number of ether oxygens (including phenoxy) is 3. The standard InChI is InChI=1S/C17H21ClN2O6/c1-4-7-19-17(23)20-14(21)10-26-15(22)6-5-11-8-12(18)16(25-3)13(9-11)24-2/h5-6,8-9H,4,7,10H2,1-3H3,(H2,19,20,21,23)/b6-5-. The van der Waals surface area contributed by atoms with Gasteiger partial charge in [0.1, 0.15) is 0 Å². The van der Waals surface area contributed by atoms with E-state index in [4.69, 9.17) is 25.8 Å². The average molecular weight is 385 g/mol. The Hall–Kier alpha value is -2.74. The van der Waals surface area contributed by atoms with E-state index in [0.29, 0.717) is 28.6 Å². The zero-order chi connectivity index (χ0) is 19.5. The third kappa shape index (κ3) is 7.02. The molecule has 0 aliphatic carbocycles. The topological polar surface area (TPSA) is 103 Å². The summed E-state index contributed by atoms with van der Waals surface area (Å²) in [5.41, 5.74) is 0.577. The van der Waals surface area contributed by atoms with Gasteiger partial charge in [0.05, 0.1) is 19.2 Å². The van der Waals surface area contributed by atoms with Gasteiger partial charge in [-0.25, -0.2) is 9.59 Å². The van der Waals surface area contributed by atoms with Crippen LogP contribution in [0.4, 0.5) is 4.79 Å². The number of rotatable bonds is 8. The highest BCUT2D eigenvalue weighted by atomic mass is 35.5. The van der Waals surface area contributed by atoms with Gasteiger partial charge in [-0.1, -0.05) is 18.5 Å². The van der Waals surface area contributed by atoms with Gasteiger partial charge in [-0.2, -0.15) is 0 Å². The predicted octanol–water partition coefficient (Wildman–Crippen LogP) is 2.15. The molecule has 142 valence electrons. The minimum Gasteiger partial charge on any atom is -0.493 e. The number of benzene rings is 1. The number of hydrogen-bond acceptors (Lipinski definition) is 6. The lowest BCUT2D eigenvalue weighted by atomic mass is 10.2. The van der Waals surface area contributed by atoms with E-state index in [2.05, 4.69) is 5.32 Å². The van der Waals surface area contributed by atoms with Gasteiger partial charge < -0.3 is 19.5 Å². The second-order valence-corrected chi connectivity index (χ2v) is 5.39. The number of halogens is 1. The zero-order valence-corrected chi connectivity index (χ0v) is 15.5. The summed E-state index contributed by atoms with van der Waals surface area (Å²) in [5.74, 6) is -0.688. The van der Waals surface area contributed by atoms with Crippen molar-refractivity contribution in [1.82, 2.24) is 10.6 Å². The van der Waals surface area contributed by atoms with Gasteiger partial charge in [-0.05, 0) is 30.2 Å². The van der Waals surface area contributed by atoms with E-state index in [1.807, 2.05) is 12.2 Å². The monoisotopic (exact) mass is 384 g/mol. The van der Waals surface area contributed by atoms with Crippen molar-refractivity contribution >= 4 is 35.6 Å². The molecule has 0 saturated heterocycles. The molecular formula is C17H21ClN2O6. The first-order valence-corrected chi connectivity index (χ1v) is 8.13. The van der Waals surface area contributed by atoms with Crippen LogP contribution in [0.1, 0.15) is 18.9 Å². The van der Waals surface area contributed by atoms with Crippen LogP contribution in [0, 0.1) is 0 Å². The maximum atomic E-state index is 11.7. The molecule has 0 saturated carbocycles. The van der Waals surface area contributed by atoms with Gasteiger partial charge in [-0.3, -0.25) is 10.1 Å². The van der Waals surface area contributed by atoms with Gasteiger partial charge in [0.15, 0.2) is 18.1 Å². The highest BCUT2D eigenvalue weighted by molar-refractivity contribution is 6.32. The van der Waals surface area contributed by atoms with Crippen molar-refractivity contribution in [3.63, 3.8) is 0 Å². The van der Waals surface area contributed by atoms with Crippen LogP contribution < -0.4 is 20.1 Å². The molecule has 0 atom stereocenters. The molecule has 9 heteroatoms. The molecule has 2 N–H and O–H groups in total. The van der Waals surface area contributed by atoms with Crippen molar-refractivity contribution in [2.75, 3.05) is 27.4 Å². The molecule has 26 heavy (non-hydrogen) atoms. The van der Waals surface area contributed by atoms with Crippen LogP contribution in [0.15, 0.2) is 18.2 Å². The number of carbonyl (C=O) groups is 3. The van der Waals surface area contributed by atoms with E-state index < -0.39 is 24.5 Å². The van der Waals surface area contributed by atoms with Crippen molar-refractivity contribution in [1.29, 1.82) is 0 Å². The van der Waals surface area contributed by atoms with Gasteiger partial charge in [0, 0.05) is 12.6 Å². The third-order valence-corrected chi connectivity index (χ3v) is 3.28. The van der Waals surface area contributed by atoms with Gasteiger partial charge in [-0.15, -0.1) is 0 Å². The first-order chi connectivity index (χ1) is 12.4. The minimum atomic E-state index is -0.750. The summed E-state index contributed by atoms with van der Waals surface area (Å²) in [6.07, 6.45) is 3.31. The molecule has 8 nitrogen and oxygen atoms in total. The lowest BCUT2D eigenvalue weighted by Gasteiger charge is -2.10. The largest absolute Gasteiger partial charge is 0.493 e. The number of carbonyl (C=O) groups excluding carboxylic acids is 3. The van der Waals surface area contributed by atoms with Gasteiger partial charge in [0.25, 0.3) is 5.91 Å². The second kappa shape index (κ2) is 11.0. The molecule has 3 amide bonds. The molecule has 0 spiro atoms. The van der Waals surface area contributed by atoms with E-state index in [9.17, 15) is 14.4 Å². The third-order valence-electron chi connectivity index (χ3n) is 3.00. The Labute approximate surface area is 156 Å². The molecule has 0 fully saturated rings. The van der Waals surface area contributed by atoms with E-state index >= 15 is 0 Å². The van der Waals surface area contributed by atoms with Crippen molar-refractivity contribution in [3.05, 3.63) is 28.8 Å². The fraction of sp³-hybridized carbons (Fsp3) is 0.353. The number of methoxy groups -OCH3 is 2. The highest BCUT2D eigenvalue weighted by Gasteiger charge is 2.11. The van der Waals surface area contributed by atoms with E-state index in [1.165, 1.54) is 20.3 Å². The molecular weight excluding hydrogens is 364 g/mol. The fourth-order valence-corrected chi connectivity index (χ4v) is 2.12. The number of nitrogens with one attached hydrogen (secondary N) is 2. The van der Waals surface area contributed by atoms with Crippen LogP contribution in [0.5, 0.6) is 11.5 Å². The van der Waals surface area contributed by atoms with E-state index in [1.54, 1.807) is 12.1 Å². The number of esters is 1. The summed E-state index contributed by atoms with van der Waals surface area (Å²) >= 11 is 6.07. The van der Waals surface area contributed by atoms with Crippen LogP contribution in [-0.4, -0.2) is 45.3 Å². The predicted molar refractivity (Wildman–Crippen MR) is 96.4 cm³/mol. The SMILES string of the molecule is CCCNC(=O)NC(=O)COC(=O)/C=C\c1cc(Cl)c(OC)c(OC)c1. The van der Waals surface area contributed by atoms with Crippen LogP contribution >= 0.6 is 11.6 Å². The Morgan fingerprint density at radius 2 is 1.92 bits per heavy atom. The molecule has 0 aliphatic heterocycles. The number of imide groups is 1. The van der Waals surface area contributed by atoms with Crippen molar-refractivity contribution in [2.24, 2.45) is 0 Å². The minimum absolute atomic E-state index is 0.317. The van der Waals surface area contributed by atoms with Crippen LogP contribution in [0.2, 0.25) is 5.02 Å². The van der Waals surface area contributed by atoms with Crippen molar-refractivity contribution in [3.8, 4) is 11.5 Å². The van der Waals surface area contributed by atoms with E-state index in [0.717, 1.165) is 12.5 Å². The Morgan fingerprint density at radius 1 is 1.19 bits per heavy atom. The maximum absolute atomic E-state index is 11.7. The van der Waals surface area contributed by atoms with Gasteiger partial charge in [0.2, 0.25) is 0 Å². The highest BCUT2D eigenvalue weighted by Crippen LogP contribution is 2.36. The Bertz CT molecular complexity index is 690. The first-order valence-electron chi connectivity index (χ1n) is 7.75. The quantitative estimate of drug-likeness (QED) is 0.526. The zero-order valence-electron chi connectivity index (χ0n) is 14.8. The van der Waals surface area contributed by atoms with Gasteiger partial charge >= 0.3 is 12.0 Å². The van der Waals surface area contributed by atoms with Crippen LogP contribution in [0.3, 0.4) is 0 Å². The molecule has 0 heterocycles. The Morgan fingerprint density at radius 3 is 2.54 bits per heavy atom. The smallest absolute Gasteiger partial charge is 0.331 e. The Kier molecular flexibility index (Phi) is 9.00. The summed E-state index contributed by atoms with van der Waals surface area (Å²) in [7, 11) is 2.93. The normalized spacial score (nSPS) is 10.3. The lowest BCUT2D eigenvalue weighted by Crippen LogP contribution is -2.41. The summed E-state index contributed by atoms with van der Waals surface area (Å²) in [5, 5.41) is 4.82. The summed E-state index contributed by atoms with van der Waals surface area (Å²) < 4.78 is 15.0. The number of amides is 3. The fourth-order valence-electron chi connectivity index (χ4n) is 1.83. The molecule has 1 aromatic rings. The van der Waals surface area contributed by atoms with Crippen LogP contribution in [-0.2, 0) is 14.3 Å². The van der Waals surface area contributed by atoms with Crippen LogP contribution in [0.25, 0.3) is 6.08 Å². The molecule has 0 unspecified atom stereocenters. The molecule has 0 aliphatic rings. The molecule has 1 aromatic carbocycles. The maximum Gasteiger partial charge on any atom is 0.331 e. The first kappa shape index (κ1) is 21.3. The molecule has 0 radical (unpaired) electrons. The molecule has 0 aromatic heterocycles. The molecule has 1 rings (SSSR count). The number of hydrogen-bond donors (Lipinski definition) is 2. The Balaban J connectivity index is 2.56. The van der Waals surface area contributed by atoms with Crippen molar-refractivity contribution < 1.29 is 28.6 Å². The lowest BCUT2D eigenvalue weighted by molar-refractivity contribution is -0.143. The summed E-state index contributed by atoms with van der Waals surface area (Å²) in [6, 6.07) is 2.57. The summed E-state index contributed by atoms with van der Waals surface area (Å²) in [4.78, 5) is 34.4. The number of urea groups is 1. The van der Waals surface area contributed by atoms with Crippen molar-refractivity contribution in [2.45, 2.75) is 13.3 Å². The summed E-state index contributed by atoms with van der Waals surface area (Å²) in [6.45, 7) is 1.74. The average Bonchev–Trinajstić information content (AvgIpc) is 2.62. The molecule has 0 bridgehead atoms. The van der Waals surface area contributed by atoms with E-state index in [-0.39, 0.29) is 0 Å².